The standard InChI is InChI=1S/C20H28FN3OS/c1-15(2)20(25)22-7-3-4-8-23-9-11-24(12-10-23)18-14-26-19-13-16(21)5-6-17(18)19/h5-6,13-15H,3-4,7-12H2,1-2H3,(H,22,25). The van der Waals surface area contributed by atoms with Crippen LogP contribution in [0.5, 0.6) is 0 Å². The minimum Gasteiger partial charge on any atom is -0.368 e. The predicted molar refractivity (Wildman–Crippen MR) is 108 cm³/mol. The van der Waals surface area contributed by atoms with E-state index in [0.717, 1.165) is 62.2 Å². The van der Waals surface area contributed by atoms with Crippen molar-refractivity contribution in [2.24, 2.45) is 5.92 Å². The minimum atomic E-state index is -0.166. The van der Waals surface area contributed by atoms with E-state index < -0.39 is 0 Å². The van der Waals surface area contributed by atoms with Gasteiger partial charge in [0, 0.05) is 54.1 Å². The second-order valence-corrected chi connectivity index (χ2v) is 8.15. The third-order valence-electron chi connectivity index (χ3n) is 4.95. The fourth-order valence-electron chi connectivity index (χ4n) is 3.32. The van der Waals surface area contributed by atoms with Gasteiger partial charge in [0.25, 0.3) is 0 Å². The number of halogens is 1. The molecule has 4 nitrogen and oxygen atoms in total. The number of thiophene rings is 1. The number of amides is 1. The normalized spacial score (nSPS) is 15.8. The van der Waals surface area contributed by atoms with Crippen LogP contribution in [-0.2, 0) is 4.79 Å². The molecule has 0 radical (unpaired) electrons. The van der Waals surface area contributed by atoms with Crippen LogP contribution < -0.4 is 10.2 Å². The molecule has 2 heterocycles. The van der Waals surface area contributed by atoms with Crippen molar-refractivity contribution in [3.8, 4) is 0 Å². The predicted octanol–water partition coefficient (Wildman–Crippen LogP) is 3.71. The Morgan fingerprint density at radius 1 is 1.23 bits per heavy atom. The molecule has 0 saturated carbocycles. The summed E-state index contributed by atoms with van der Waals surface area (Å²) in [5.74, 6) is 0.0366. The summed E-state index contributed by atoms with van der Waals surface area (Å²) in [6.07, 6.45) is 2.14. The lowest BCUT2D eigenvalue weighted by molar-refractivity contribution is -0.123. The number of fused-ring (bicyclic) bond motifs is 1. The van der Waals surface area contributed by atoms with Crippen LogP contribution in [0.4, 0.5) is 10.1 Å². The van der Waals surface area contributed by atoms with Gasteiger partial charge in [0.1, 0.15) is 5.82 Å². The summed E-state index contributed by atoms with van der Waals surface area (Å²) in [5.41, 5.74) is 1.24. The highest BCUT2D eigenvalue weighted by molar-refractivity contribution is 7.17. The first-order valence-corrected chi connectivity index (χ1v) is 10.3. The number of nitrogens with zero attached hydrogens (tertiary/aromatic N) is 2. The molecule has 1 saturated heterocycles. The smallest absolute Gasteiger partial charge is 0.222 e. The number of hydrogen-bond acceptors (Lipinski definition) is 4. The van der Waals surface area contributed by atoms with Crippen LogP contribution in [0.3, 0.4) is 0 Å². The Kier molecular flexibility index (Phi) is 6.48. The maximum Gasteiger partial charge on any atom is 0.222 e. The molecular weight excluding hydrogens is 349 g/mol. The van der Waals surface area contributed by atoms with Crippen LogP contribution in [0.2, 0.25) is 0 Å². The zero-order chi connectivity index (χ0) is 18.5. The van der Waals surface area contributed by atoms with Crippen LogP contribution >= 0.6 is 11.3 Å². The van der Waals surface area contributed by atoms with Crippen LogP contribution in [0.1, 0.15) is 26.7 Å². The number of anilines is 1. The van der Waals surface area contributed by atoms with Gasteiger partial charge in [-0.05, 0) is 37.6 Å². The van der Waals surface area contributed by atoms with Crippen LogP contribution in [0.15, 0.2) is 23.6 Å². The van der Waals surface area contributed by atoms with Gasteiger partial charge in [-0.3, -0.25) is 9.69 Å². The summed E-state index contributed by atoms with van der Waals surface area (Å²) in [6.45, 7) is 9.81. The number of carbonyl (C=O) groups is 1. The van der Waals surface area contributed by atoms with Crippen molar-refractivity contribution in [1.29, 1.82) is 0 Å². The van der Waals surface area contributed by atoms with E-state index in [2.05, 4.69) is 20.5 Å². The summed E-state index contributed by atoms with van der Waals surface area (Å²) < 4.78 is 14.4. The van der Waals surface area contributed by atoms with E-state index in [0.29, 0.717) is 0 Å². The summed E-state index contributed by atoms with van der Waals surface area (Å²) in [7, 11) is 0. The monoisotopic (exact) mass is 377 g/mol. The highest BCUT2D eigenvalue weighted by Gasteiger charge is 2.19. The molecule has 0 unspecified atom stereocenters. The molecule has 1 N–H and O–H groups in total. The van der Waals surface area contributed by atoms with Gasteiger partial charge in [0.15, 0.2) is 0 Å². The Morgan fingerprint density at radius 3 is 2.73 bits per heavy atom. The SMILES string of the molecule is CC(C)C(=O)NCCCCN1CCN(c2csc3cc(F)ccc23)CC1. The highest BCUT2D eigenvalue weighted by atomic mass is 32.1. The van der Waals surface area contributed by atoms with Crippen LogP contribution in [0, 0.1) is 11.7 Å². The summed E-state index contributed by atoms with van der Waals surface area (Å²) in [4.78, 5) is 16.4. The quantitative estimate of drug-likeness (QED) is 0.747. The number of rotatable bonds is 7. The van der Waals surface area contributed by atoms with Gasteiger partial charge in [-0.1, -0.05) is 13.8 Å². The van der Waals surface area contributed by atoms with Crippen molar-refractivity contribution in [3.05, 3.63) is 29.4 Å². The zero-order valence-electron chi connectivity index (χ0n) is 15.6. The van der Waals surface area contributed by atoms with E-state index in [4.69, 9.17) is 0 Å². The first-order valence-electron chi connectivity index (χ1n) is 9.46. The molecule has 3 rings (SSSR count). The molecule has 1 aromatic heterocycles. The highest BCUT2D eigenvalue weighted by Crippen LogP contribution is 2.33. The molecule has 0 aliphatic carbocycles. The average Bonchev–Trinajstić information content (AvgIpc) is 3.04. The summed E-state index contributed by atoms with van der Waals surface area (Å²) in [6, 6.07) is 5.07. The average molecular weight is 378 g/mol. The first kappa shape index (κ1) is 19.1. The Balaban J connectivity index is 1.41. The summed E-state index contributed by atoms with van der Waals surface area (Å²) in [5, 5.41) is 6.28. The lowest BCUT2D eigenvalue weighted by Gasteiger charge is -2.35. The number of carbonyl (C=O) groups excluding carboxylic acids is 1. The molecule has 1 amide bonds. The van der Waals surface area contributed by atoms with Crippen molar-refractivity contribution in [3.63, 3.8) is 0 Å². The zero-order valence-corrected chi connectivity index (χ0v) is 16.4. The number of nitrogens with one attached hydrogen (secondary N) is 1. The maximum atomic E-state index is 13.4. The topological polar surface area (TPSA) is 35.6 Å². The summed E-state index contributed by atoms with van der Waals surface area (Å²) >= 11 is 1.62. The second kappa shape index (κ2) is 8.82. The molecule has 26 heavy (non-hydrogen) atoms. The fourth-order valence-corrected chi connectivity index (χ4v) is 4.32. The Labute approximate surface area is 159 Å². The number of benzene rings is 1. The molecule has 1 aromatic carbocycles. The van der Waals surface area contributed by atoms with E-state index in [-0.39, 0.29) is 17.6 Å². The van der Waals surface area contributed by atoms with Crippen molar-refractivity contribution >= 4 is 33.0 Å². The van der Waals surface area contributed by atoms with Crippen molar-refractivity contribution < 1.29 is 9.18 Å². The van der Waals surface area contributed by atoms with E-state index in [9.17, 15) is 9.18 Å². The van der Waals surface area contributed by atoms with E-state index >= 15 is 0 Å². The van der Waals surface area contributed by atoms with Crippen molar-refractivity contribution in [1.82, 2.24) is 10.2 Å². The van der Waals surface area contributed by atoms with Gasteiger partial charge >= 0.3 is 0 Å². The van der Waals surface area contributed by atoms with Crippen LogP contribution in [-0.4, -0.2) is 50.1 Å². The first-order chi connectivity index (χ1) is 12.5. The van der Waals surface area contributed by atoms with Crippen LogP contribution in [0.25, 0.3) is 10.1 Å². The van der Waals surface area contributed by atoms with Crippen molar-refractivity contribution in [2.45, 2.75) is 26.7 Å². The molecule has 0 spiro atoms. The van der Waals surface area contributed by atoms with Gasteiger partial charge in [0.2, 0.25) is 5.91 Å². The van der Waals surface area contributed by atoms with Gasteiger partial charge < -0.3 is 10.2 Å². The van der Waals surface area contributed by atoms with Gasteiger partial charge in [-0.25, -0.2) is 4.39 Å². The fraction of sp³-hybridized carbons (Fsp3) is 0.550. The third kappa shape index (κ3) is 4.74. The Hall–Kier alpha value is -1.66. The molecule has 0 bridgehead atoms. The molecule has 0 atom stereocenters. The van der Waals surface area contributed by atoms with E-state index in [1.165, 1.54) is 5.69 Å². The number of unbranched alkanes of at least 4 members (excludes halogenated alkanes) is 1. The number of hydrogen-bond donors (Lipinski definition) is 1. The van der Waals surface area contributed by atoms with Gasteiger partial charge in [-0.2, -0.15) is 0 Å². The molecular formula is C20H28FN3OS. The van der Waals surface area contributed by atoms with E-state index in [1.807, 2.05) is 19.9 Å². The third-order valence-corrected chi connectivity index (χ3v) is 5.89. The molecule has 1 fully saturated rings. The molecule has 1 aliphatic rings. The van der Waals surface area contributed by atoms with Gasteiger partial charge in [0.05, 0.1) is 5.69 Å². The molecule has 142 valence electrons. The lowest BCUT2D eigenvalue weighted by Crippen LogP contribution is -2.46. The number of piperazine rings is 1. The minimum absolute atomic E-state index is 0.0627. The molecule has 2 aromatic rings. The Morgan fingerprint density at radius 2 is 2.00 bits per heavy atom. The lowest BCUT2D eigenvalue weighted by atomic mass is 10.2. The van der Waals surface area contributed by atoms with Gasteiger partial charge in [-0.15, -0.1) is 11.3 Å². The second-order valence-electron chi connectivity index (χ2n) is 7.24. The largest absolute Gasteiger partial charge is 0.368 e. The molecule has 1 aliphatic heterocycles. The van der Waals surface area contributed by atoms with Crippen molar-refractivity contribution in [2.75, 3.05) is 44.2 Å². The van der Waals surface area contributed by atoms with E-state index in [1.54, 1.807) is 23.5 Å². The Bertz CT molecular complexity index is 738. The maximum absolute atomic E-state index is 13.4. The molecule has 6 heteroatoms.